The van der Waals surface area contributed by atoms with Crippen molar-refractivity contribution in [3.05, 3.63) is 46.6 Å². The van der Waals surface area contributed by atoms with E-state index < -0.39 is 0 Å². The van der Waals surface area contributed by atoms with E-state index in [2.05, 4.69) is 16.4 Å². The number of amides is 1. The summed E-state index contributed by atoms with van der Waals surface area (Å²) < 4.78 is 16.4. The van der Waals surface area contributed by atoms with Gasteiger partial charge in [-0.05, 0) is 56.5 Å². The fourth-order valence-electron chi connectivity index (χ4n) is 2.99. The molecule has 0 aliphatic heterocycles. The van der Waals surface area contributed by atoms with Gasteiger partial charge in [0.2, 0.25) is 5.91 Å². The van der Waals surface area contributed by atoms with Gasteiger partial charge in [0.05, 0.1) is 31.1 Å². The minimum Gasteiger partial charge on any atom is -0.490 e. The van der Waals surface area contributed by atoms with Crippen molar-refractivity contribution in [1.29, 1.82) is 5.26 Å². The van der Waals surface area contributed by atoms with E-state index in [0.29, 0.717) is 49.1 Å². The second-order valence-electron chi connectivity index (χ2n) is 6.68. The zero-order chi connectivity index (χ0) is 22.6. The maximum Gasteiger partial charge on any atom is 0.230 e. The zero-order valence-electron chi connectivity index (χ0n) is 18.5. The predicted octanol–water partition coefficient (Wildman–Crippen LogP) is 3.66. The molecule has 1 amide bonds. The molecule has 0 bridgehead atoms. The monoisotopic (exact) mass is 443 g/mol. The number of methoxy groups -OCH3 is 1. The average molecular weight is 444 g/mol. The van der Waals surface area contributed by atoms with Gasteiger partial charge < -0.3 is 19.5 Å². The summed E-state index contributed by atoms with van der Waals surface area (Å²) in [7, 11) is 1.58. The van der Waals surface area contributed by atoms with E-state index in [-0.39, 0.29) is 11.7 Å². The summed E-state index contributed by atoms with van der Waals surface area (Å²) >= 11 is 1.26. The van der Waals surface area contributed by atoms with Crippen molar-refractivity contribution in [1.82, 2.24) is 10.3 Å². The molecule has 1 aromatic heterocycles. The second-order valence-corrected chi connectivity index (χ2v) is 7.65. The molecule has 2 aromatic rings. The Morgan fingerprint density at radius 3 is 2.61 bits per heavy atom. The Morgan fingerprint density at radius 1 is 1.19 bits per heavy atom. The number of nitriles is 1. The van der Waals surface area contributed by atoms with Crippen LogP contribution >= 0.6 is 11.8 Å². The Balaban J connectivity index is 1.91. The Hall–Kier alpha value is -2.76. The third-order valence-corrected chi connectivity index (χ3v) is 5.27. The highest BCUT2D eigenvalue weighted by molar-refractivity contribution is 8.00. The second kappa shape index (κ2) is 12.8. The van der Waals surface area contributed by atoms with Crippen LogP contribution in [0.1, 0.15) is 36.2 Å². The first-order chi connectivity index (χ1) is 15.0. The van der Waals surface area contributed by atoms with Gasteiger partial charge in [0.25, 0.3) is 0 Å². The fourth-order valence-corrected chi connectivity index (χ4v) is 3.89. The molecule has 1 heterocycles. The molecule has 0 spiro atoms. The van der Waals surface area contributed by atoms with E-state index in [0.717, 1.165) is 22.6 Å². The maximum absolute atomic E-state index is 12.3. The highest BCUT2D eigenvalue weighted by Gasteiger charge is 2.14. The fraction of sp³-hybridized carbons (Fsp3) is 0.435. The molecule has 0 radical (unpaired) electrons. The van der Waals surface area contributed by atoms with Crippen LogP contribution in [0.25, 0.3) is 0 Å². The number of rotatable bonds is 12. The minimum absolute atomic E-state index is 0.110. The van der Waals surface area contributed by atoms with Crippen LogP contribution in [0.4, 0.5) is 0 Å². The molecule has 1 N–H and O–H groups in total. The molecule has 0 aliphatic carbocycles. The van der Waals surface area contributed by atoms with E-state index in [1.807, 2.05) is 45.0 Å². The molecule has 166 valence electrons. The van der Waals surface area contributed by atoms with Crippen LogP contribution < -0.4 is 14.8 Å². The van der Waals surface area contributed by atoms with Crippen molar-refractivity contribution in [2.75, 3.05) is 32.6 Å². The molecule has 31 heavy (non-hydrogen) atoms. The van der Waals surface area contributed by atoms with Crippen LogP contribution in [0.15, 0.2) is 29.3 Å². The highest BCUT2D eigenvalue weighted by Crippen LogP contribution is 2.28. The molecular weight excluding hydrogens is 414 g/mol. The van der Waals surface area contributed by atoms with Gasteiger partial charge >= 0.3 is 0 Å². The standard InChI is InChI=1S/C23H29N3O4S/c1-5-29-20-8-7-17(12-21(20)30-6-2)9-10-25-22(27)15-31-23-19(13-24)18(14-28-4)11-16(3)26-23/h7-8,11-12H,5-6,9-10,14-15H2,1-4H3,(H,25,27). The van der Waals surface area contributed by atoms with Gasteiger partial charge in [-0.25, -0.2) is 4.98 Å². The topological polar surface area (TPSA) is 93.5 Å². The number of aromatic nitrogens is 1. The van der Waals surface area contributed by atoms with Gasteiger partial charge in [0.1, 0.15) is 11.1 Å². The Bertz CT molecular complexity index is 928. The number of thioether (sulfide) groups is 1. The number of pyridine rings is 1. The molecule has 8 heteroatoms. The van der Waals surface area contributed by atoms with E-state index in [1.54, 1.807) is 7.11 Å². The normalized spacial score (nSPS) is 10.4. The van der Waals surface area contributed by atoms with E-state index in [1.165, 1.54) is 11.8 Å². The first-order valence-electron chi connectivity index (χ1n) is 10.2. The van der Waals surface area contributed by atoms with Crippen LogP contribution in [-0.4, -0.2) is 43.5 Å². The molecular formula is C23H29N3O4S. The number of ether oxygens (including phenoxy) is 3. The number of benzene rings is 1. The highest BCUT2D eigenvalue weighted by atomic mass is 32.2. The number of nitrogens with zero attached hydrogens (tertiary/aromatic N) is 2. The zero-order valence-corrected chi connectivity index (χ0v) is 19.3. The van der Waals surface area contributed by atoms with Crippen LogP contribution in [0.2, 0.25) is 0 Å². The number of hydrogen-bond donors (Lipinski definition) is 1. The van der Waals surface area contributed by atoms with Crippen molar-refractivity contribution in [3.63, 3.8) is 0 Å². The van der Waals surface area contributed by atoms with Crippen molar-refractivity contribution in [2.45, 2.75) is 38.8 Å². The van der Waals surface area contributed by atoms with Gasteiger partial charge in [0, 0.05) is 19.3 Å². The molecule has 0 unspecified atom stereocenters. The Kier molecular flexibility index (Phi) is 10.1. The van der Waals surface area contributed by atoms with Crippen molar-refractivity contribution < 1.29 is 19.0 Å². The number of carbonyl (C=O) groups excluding carboxylic acids is 1. The van der Waals surface area contributed by atoms with Crippen LogP contribution in [0, 0.1) is 18.3 Å². The van der Waals surface area contributed by atoms with E-state index in [9.17, 15) is 10.1 Å². The average Bonchev–Trinajstić information content (AvgIpc) is 2.74. The molecule has 0 aliphatic rings. The summed E-state index contributed by atoms with van der Waals surface area (Å²) in [4.78, 5) is 16.7. The van der Waals surface area contributed by atoms with E-state index >= 15 is 0 Å². The summed E-state index contributed by atoms with van der Waals surface area (Å²) in [5, 5.41) is 13.0. The quantitative estimate of drug-likeness (QED) is 0.500. The summed E-state index contributed by atoms with van der Waals surface area (Å²) in [6.07, 6.45) is 0.674. The molecule has 1 aromatic carbocycles. The summed E-state index contributed by atoms with van der Waals surface area (Å²) in [5.41, 5.74) is 3.08. The van der Waals surface area contributed by atoms with Crippen molar-refractivity contribution in [2.24, 2.45) is 0 Å². The van der Waals surface area contributed by atoms with Gasteiger partial charge in [-0.1, -0.05) is 17.8 Å². The predicted molar refractivity (Wildman–Crippen MR) is 121 cm³/mol. The smallest absolute Gasteiger partial charge is 0.230 e. The Morgan fingerprint density at radius 2 is 1.94 bits per heavy atom. The summed E-state index contributed by atoms with van der Waals surface area (Å²) in [6, 6.07) is 9.83. The van der Waals surface area contributed by atoms with Gasteiger partial charge in [-0.3, -0.25) is 4.79 Å². The third-order valence-electron chi connectivity index (χ3n) is 4.29. The molecule has 0 saturated carbocycles. The van der Waals surface area contributed by atoms with Gasteiger partial charge in [0.15, 0.2) is 11.5 Å². The lowest BCUT2D eigenvalue weighted by Gasteiger charge is -2.13. The number of hydrogen-bond acceptors (Lipinski definition) is 7. The van der Waals surface area contributed by atoms with Crippen LogP contribution in [-0.2, 0) is 22.6 Å². The molecule has 7 nitrogen and oxygen atoms in total. The first-order valence-corrected chi connectivity index (χ1v) is 11.2. The molecule has 0 saturated heterocycles. The van der Waals surface area contributed by atoms with Crippen molar-refractivity contribution >= 4 is 17.7 Å². The number of nitrogens with one attached hydrogen (secondary N) is 1. The SMILES string of the molecule is CCOc1ccc(CCNC(=O)CSc2nc(C)cc(COC)c2C#N)cc1OCC. The first kappa shape index (κ1) is 24.5. The summed E-state index contributed by atoms with van der Waals surface area (Å²) in [6.45, 7) is 7.68. The number of carbonyl (C=O) groups is 1. The molecule has 0 fully saturated rings. The lowest BCUT2D eigenvalue weighted by molar-refractivity contribution is -0.118. The summed E-state index contributed by atoms with van der Waals surface area (Å²) in [5.74, 6) is 1.51. The van der Waals surface area contributed by atoms with Crippen LogP contribution in [0.5, 0.6) is 11.5 Å². The van der Waals surface area contributed by atoms with Gasteiger partial charge in [-0.2, -0.15) is 5.26 Å². The number of aryl methyl sites for hydroxylation is 1. The Labute approximate surface area is 188 Å². The van der Waals surface area contributed by atoms with Crippen molar-refractivity contribution in [3.8, 4) is 17.6 Å². The maximum atomic E-state index is 12.3. The minimum atomic E-state index is -0.110. The lowest BCUT2D eigenvalue weighted by atomic mass is 10.1. The third kappa shape index (κ3) is 7.46. The van der Waals surface area contributed by atoms with E-state index in [4.69, 9.17) is 14.2 Å². The van der Waals surface area contributed by atoms with Crippen LogP contribution in [0.3, 0.4) is 0 Å². The lowest BCUT2D eigenvalue weighted by Crippen LogP contribution is -2.27. The largest absolute Gasteiger partial charge is 0.490 e. The molecule has 0 atom stereocenters. The van der Waals surface area contributed by atoms with Gasteiger partial charge in [-0.15, -0.1) is 0 Å². The molecule has 2 rings (SSSR count).